The summed E-state index contributed by atoms with van der Waals surface area (Å²) in [6, 6.07) is 15.6. The largest absolute Gasteiger partial charge is 0.493 e. The van der Waals surface area contributed by atoms with E-state index in [0.717, 1.165) is 11.1 Å². The van der Waals surface area contributed by atoms with Gasteiger partial charge < -0.3 is 19.5 Å². The van der Waals surface area contributed by atoms with Gasteiger partial charge in [0.2, 0.25) is 5.91 Å². The minimum Gasteiger partial charge on any atom is -0.493 e. The number of anilines is 1. The molecule has 0 bridgehead atoms. The van der Waals surface area contributed by atoms with Crippen LogP contribution in [0.5, 0.6) is 17.2 Å². The lowest BCUT2D eigenvalue weighted by molar-refractivity contribution is -0.114. The van der Waals surface area contributed by atoms with Crippen LogP contribution in [-0.2, 0) is 4.79 Å². The number of methoxy groups -OCH3 is 2. The van der Waals surface area contributed by atoms with Gasteiger partial charge in [-0.25, -0.2) is 9.78 Å². The molecule has 0 aliphatic rings. The zero-order valence-electron chi connectivity index (χ0n) is 17.4. The number of ether oxygens (including phenoxy) is 3. The highest BCUT2D eigenvalue weighted by Crippen LogP contribution is 2.28. The number of carbonyl (C=O) groups is 2. The second kappa shape index (κ2) is 10.1. The molecule has 0 saturated carbocycles. The van der Waals surface area contributed by atoms with Crippen molar-refractivity contribution in [1.82, 2.24) is 4.98 Å². The van der Waals surface area contributed by atoms with Crippen molar-refractivity contribution in [3.05, 3.63) is 77.5 Å². The summed E-state index contributed by atoms with van der Waals surface area (Å²) in [7, 11) is 3.04. The number of pyridine rings is 1. The minimum atomic E-state index is -0.494. The van der Waals surface area contributed by atoms with E-state index in [9.17, 15) is 9.59 Å². The first-order chi connectivity index (χ1) is 15.0. The predicted molar refractivity (Wildman–Crippen MR) is 118 cm³/mol. The molecule has 31 heavy (non-hydrogen) atoms. The van der Waals surface area contributed by atoms with Crippen LogP contribution in [-0.4, -0.2) is 31.1 Å². The van der Waals surface area contributed by atoms with Crippen molar-refractivity contribution in [2.45, 2.75) is 6.92 Å². The molecule has 7 nitrogen and oxygen atoms in total. The Hall–Kier alpha value is -4.13. The predicted octanol–water partition coefficient (Wildman–Crippen LogP) is 4.45. The highest BCUT2D eigenvalue weighted by Gasteiger charge is 2.12. The zero-order valence-corrected chi connectivity index (χ0v) is 17.4. The third kappa shape index (κ3) is 5.93. The average molecular weight is 418 g/mol. The summed E-state index contributed by atoms with van der Waals surface area (Å²) in [4.78, 5) is 27.7. The number of esters is 1. The quantitative estimate of drug-likeness (QED) is 0.451. The van der Waals surface area contributed by atoms with Gasteiger partial charge in [-0.1, -0.05) is 24.3 Å². The Bertz CT molecular complexity index is 1110. The lowest BCUT2D eigenvalue weighted by Crippen LogP contribution is -2.08. The number of rotatable bonds is 7. The Balaban J connectivity index is 1.66. The van der Waals surface area contributed by atoms with E-state index in [2.05, 4.69) is 10.3 Å². The number of carbonyl (C=O) groups excluding carboxylic acids is 2. The normalized spacial score (nSPS) is 10.5. The van der Waals surface area contributed by atoms with Crippen LogP contribution in [0, 0.1) is 0 Å². The Labute approximate surface area is 180 Å². The second-order valence-corrected chi connectivity index (χ2v) is 6.52. The van der Waals surface area contributed by atoms with Gasteiger partial charge >= 0.3 is 5.97 Å². The van der Waals surface area contributed by atoms with Crippen molar-refractivity contribution in [2.75, 3.05) is 19.5 Å². The molecule has 1 amide bonds. The maximum atomic E-state index is 12.4. The van der Waals surface area contributed by atoms with E-state index in [4.69, 9.17) is 14.2 Å². The number of nitrogens with one attached hydrogen (secondary N) is 1. The second-order valence-electron chi connectivity index (χ2n) is 6.52. The van der Waals surface area contributed by atoms with E-state index in [1.165, 1.54) is 21.1 Å². The molecule has 0 aliphatic heterocycles. The van der Waals surface area contributed by atoms with Crippen molar-refractivity contribution >= 4 is 29.8 Å². The maximum Gasteiger partial charge on any atom is 0.343 e. The summed E-state index contributed by atoms with van der Waals surface area (Å²) >= 11 is 0. The summed E-state index contributed by atoms with van der Waals surface area (Å²) in [5, 5.41) is 2.65. The van der Waals surface area contributed by atoms with Crippen molar-refractivity contribution in [2.24, 2.45) is 0 Å². The van der Waals surface area contributed by atoms with Gasteiger partial charge in [0.1, 0.15) is 11.6 Å². The Kier molecular flexibility index (Phi) is 7.01. The van der Waals surface area contributed by atoms with Gasteiger partial charge in [-0.2, -0.15) is 0 Å². The van der Waals surface area contributed by atoms with Gasteiger partial charge in [0, 0.05) is 13.1 Å². The molecule has 7 heteroatoms. The number of hydrogen-bond donors (Lipinski definition) is 1. The van der Waals surface area contributed by atoms with Gasteiger partial charge in [-0.05, 0) is 53.6 Å². The molecule has 1 N–H and O–H groups in total. The molecular weight excluding hydrogens is 396 g/mol. The SMILES string of the molecule is COc1ccc(C(=O)Oc2ccc(/C=C/c3ccnc(NC(C)=O)c3)cc2)cc1OC. The Morgan fingerprint density at radius 2 is 1.58 bits per heavy atom. The van der Waals surface area contributed by atoms with Gasteiger partial charge in [0.25, 0.3) is 0 Å². The van der Waals surface area contributed by atoms with Crippen LogP contribution < -0.4 is 19.5 Å². The fourth-order valence-corrected chi connectivity index (χ4v) is 2.77. The van der Waals surface area contributed by atoms with Crippen LogP contribution in [0.3, 0.4) is 0 Å². The first kappa shape index (κ1) is 21.6. The number of benzene rings is 2. The smallest absolute Gasteiger partial charge is 0.343 e. The van der Waals surface area contributed by atoms with Crippen molar-refractivity contribution in [3.63, 3.8) is 0 Å². The first-order valence-electron chi connectivity index (χ1n) is 9.44. The molecule has 0 aliphatic carbocycles. The highest BCUT2D eigenvalue weighted by molar-refractivity contribution is 5.92. The molecule has 3 aromatic rings. The third-order valence-corrected chi connectivity index (χ3v) is 4.27. The molecule has 0 radical (unpaired) electrons. The first-order valence-corrected chi connectivity index (χ1v) is 9.44. The van der Waals surface area contributed by atoms with Crippen molar-refractivity contribution in [3.8, 4) is 17.2 Å². The average Bonchev–Trinajstić information content (AvgIpc) is 2.78. The van der Waals surface area contributed by atoms with E-state index in [-0.39, 0.29) is 5.91 Å². The number of aromatic nitrogens is 1. The van der Waals surface area contributed by atoms with Crippen LogP contribution >= 0.6 is 0 Å². The van der Waals surface area contributed by atoms with E-state index in [1.807, 2.05) is 30.4 Å². The topological polar surface area (TPSA) is 86.8 Å². The molecule has 0 fully saturated rings. The van der Waals surface area contributed by atoms with E-state index < -0.39 is 5.97 Å². The number of nitrogens with zero attached hydrogens (tertiary/aromatic N) is 1. The van der Waals surface area contributed by atoms with Crippen LogP contribution in [0.2, 0.25) is 0 Å². The van der Waals surface area contributed by atoms with E-state index in [1.54, 1.807) is 42.6 Å². The monoisotopic (exact) mass is 418 g/mol. The summed E-state index contributed by atoms with van der Waals surface area (Å²) in [6.45, 7) is 1.43. The minimum absolute atomic E-state index is 0.174. The molecule has 0 saturated heterocycles. The molecule has 0 unspecified atom stereocenters. The summed E-state index contributed by atoms with van der Waals surface area (Å²) in [5.41, 5.74) is 2.17. The Morgan fingerprint density at radius 1 is 0.871 bits per heavy atom. The molecular formula is C24H22N2O5. The van der Waals surface area contributed by atoms with Gasteiger partial charge in [0.15, 0.2) is 11.5 Å². The molecule has 1 aromatic heterocycles. The number of amides is 1. The standard InChI is InChI=1S/C24H22N2O5/c1-16(27)26-23-14-18(12-13-25-23)5-4-17-6-9-20(10-7-17)31-24(28)19-8-11-21(29-2)22(15-19)30-3/h4-15H,1-3H3,(H,25,26,27)/b5-4+. The molecule has 0 atom stereocenters. The third-order valence-electron chi connectivity index (χ3n) is 4.27. The fourth-order valence-electron chi connectivity index (χ4n) is 2.77. The van der Waals surface area contributed by atoms with Crippen LogP contribution in [0.1, 0.15) is 28.4 Å². The molecule has 0 spiro atoms. The van der Waals surface area contributed by atoms with Crippen LogP contribution in [0.25, 0.3) is 12.2 Å². The highest BCUT2D eigenvalue weighted by atomic mass is 16.5. The van der Waals surface area contributed by atoms with E-state index in [0.29, 0.717) is 28.6 Å². The van der Waals surface area contributed by atoms with Gasteiger partial charge in [0.05, 0.1) is 19.8 Å². The molecule has 158 valence electrons. The zero-order chi connectivity index (χ0) is 22.2. The molecule has 3 rings (SSSR count). The lowest BCUT2D eigenvalue weighted by Gasteiger charge is -2.09. The van der Waals surface area contributed by atoms with Crippen LogP contribution in [0.4, 0.5) is 5.82 Å². The Morgan fingerprint density at radius 3 is 2.26 bits per heavy atom. The molecule has 1 heterocycles. The van der Waals surface area contributed by atoms with Crippen molar-refractivity contribution in [1.29, 1.82) is 0 Å². The summed E-state index contributed by atoms with van der Waals surface area (Å²) in [5.74, 6) is 1.24. The van der Waals surface area contributed by atoms with Crippen LogP contribution in [0.15, 0.2) is 60.8 Å². The lowest BCUT2D eigenvalue weighted by atomic mass is 10.1. The van der Waals surface area contributed by atoms with Gasteiger partial charge in [-0.3, -0.25) is 4.79 Å². The van der Waals surface area contributed by atoms with Crippen molar-refractivity contribution < 1.29 is 23.8 Å². The summed E-state index contributed by atoms with van der Waals surface area (Å²) < 4.78 is 15.8. The van der Waals surface area contributed by atoms with Gasteiger partial charge in [-0.15, -0.1) is 0 Å². The van der Waals surface area contributed by atoms with E-state index >= 15 is 0 Å². The summed E-state index contributed by atoms with van der Waals surface area (Å²) in [6.07, 6.45) is 5.44. The number of hydrogen-bond acceptors (Lipinski definition) is 6. The maximum absolute atomic E-state index is 12.4. The molecule has 2 aromatic carbocycles. The fraction of sp³-hybridized carbons (Fsp3) is 0.125.